The Hall–Kier alpha value is -1.46. The van der Waals surface area contributed by atoms with Gasteiger partial charge in [0, 0.05) is 23.4 Å². The Bertz CT molecular complexity index is 1160. The fraction of sp³-hybridized carbons (Fsp3) is 0.960. The van der Waals surface area contributed by atoms with Gasteiger partial charge in [-0.15, -0.1) is 0 Å². The number of hydrogen-bond acceptors (Lipinski definition) is 4. The molecule has 4 rings (SSSR count). The van der Waals surface area contributed by atoms with Crippen LogP contribution in [0.4, 0.5) is 9.59 Å². The molecule has 0 aromatic carbocycles. The molecule has 0 bridgehead atoms. The van der Waals surface area contributed by atoms with Crippen molar-refractivity contribution in [2.45, 2.75) is 235 Å². The number of rotatable bonds is 23. The number of carbonyl (C=O) groups is 2. The minimum absolute atomic E-state index is 0.0264. The van der Waals surface area contributed by atoms with Crippen molar-refractivity contribution in [2.75, 3.05) is 19.8 Å². The third-order valence-electron chi connectivity index (χ3n) is 16.4. The van der Waals surface area contributed by atoms with E-state index in [2.05, 4.69) is 66.0 Å². The van der Waals surface area contributed by atoms with E-state index in [1.54, 1.807) is 0 Å². The second kappa shape index (κ2) is 22.8. The van der Waals surface area contributed by atoms with Gasteiger partial charge in [0.25, 0.3) is 0 Å². The topological polar surface area (TPSA) is 76.7 Å². The maximum Gasteiger partial charge on any atom is 0.407 e. The number of ether oxygens (including phenoxy) is 2. The maximum atomic E-state index is 13.5. The molecule has 6 heteroatoms. The Morgan fingerprint density at radius 1 is 0.661 bits per heavy atom. The van der Waals surface area contributed by atoms with Crippen molar-refractivity contribution in [3.05, 3.63) is 0 Å². The van der Waals surface area contributed by atoms with E-state index >= 15 is 0 Å². The zero-order valence-corrected chi connectivity index (χ0v) is 38.3. The fourth-order valence-corrected chi connectivity index (χ4v) is 12.4. The van der Waals surface area contributed by atoms with Crippen LogP contribution in [-0.4, -0.2) is 38.0 Å². The maximum absolute atomic E-state index is 13.5. The molecule has 0 spiro atoms. The molecule has 8 unspecified atom stereocenters. The van der Waals surface area contributed by atoms with Crippen molar-refractivity contribution in [1.29, 1.82) is 0 Å². The van der Waals surface area contributed by atoms with Crippen molar-refractivity contribution in [3.63, 3.8) is 0 Å². The van der Waals surface area contributed by atoms with Gasteiger partial charge >= 0.3 is 12.2 Å². The third kappa shape index (κ3) is 14.1. The van der Waals surface area contributed by atoms with E-state index in [4.69, 9.17) is 9.47 Å². The van der Waals surface area contributed by atoms with Gasteiger partial charge in [-0.2, -0.15) is 0 Å². The first-order valence-electron chi connectivity index (χ1n) is 24.6. The number of hydrogen-bond donors (Lipinski definition) is 2. The molecule has 0 radical (unpaired) electrons. The highest BCUT2D eigenvalue weighted by Crippen LogP contribution is 2.64. The highest BCUT2D eigenvalue weighted by molar-refractivity contribution is 5.68. The zero-order chi connectivity index (χ0) is 40.7. The van der Waals surface area contributed by atoms with Crippen molar-refractivity contribution in [3.8, 4) is 0 Å². The van der Waals surface area contributed by atoms with Crippen LogP contribution < -0.4 is 10.6 Å². The van der Waals surface area contributed by atoms with Gasteiger partial charge < -0.3 is 20.1 Å². The lowest BCUT2D eigenvalue weighted by atomic mass is 9.44. The first-order chi connectivity index (χ1) is 26.7. The molecule has 4 fully saturated rings. The zero-order valence-electron chi connectivity index (χ0n) is 38.3. The van der Waals surface area contributed by atoms with Gasteiger partial charge in [-0.25, -0.2) is 9.59 Å². The third-order valence-corrected chi connectivity index (χ3v) is 16.4. The monoisotopic (exact) mass is 785 g/mol. The van der Waals surface area contributed by atoms with Crippen LogP contribution in [0.25, 0.3) is 0 Å². The molecule has 326 valence electrons. The minimum Gasteiger partial charge on any atom is -0.449 e. The fourth-order valence-electron chi connectivity index (χ4n) is 12.4. The predicted octanol–water partition coefficient (Wildman–Crippen LogP) is 14.6. The summed E-state index contributed by atoms with van der Waals surface area (Å²) in [5.74, 6) is 4.02. The van der Waals surface area contributed by atoms with E-state index in [1.807, 2.05) is 0 Å². The van der Waals surface area contributed by atoms with E-state index in [-0.39, 0.29) is 34.5 Å². The SMILES string of the molecule is CCCCCCCCCCCCCCCCCCNC(=O)OCC1(C)CCC(C)(C)C(NC(=O)OCC2(C)CCCC3(C)C4CCC(C(C)C)CC4CCC23)C1. The molecule has 0 aliphatic heterocycles. The van der Waals surface area contributed by atoms with Gasteiger partial charge in [0.05, 0.1) is 13.2 Å². The van der Waals surface area contributed by atoms with Crippen LogP contribution in [-0.2, 0) is 9.47 Å². The largest absolute Gasteiger partial charge is 0.449 e. The number of unbranched alkanes of at least 4 members (excludes halogenated alkanes) is 15. The molecular formula is C50H92N2O4. The van der Waals surface area contributed by atoms with Crippen LogP contribution in [0.2, 0.25) is 0 Å². The highest BCUT2D eigenvalue weighted by atomic mass is 16.6. The summed E-state index contributed by atoms with van der Waals surface area (Å²) >= 11 is 0. The average molecular weight is 785 g/mol. The molecule has 4 aliphatic carbocycles. The normalized spacial score (nSPS) is 32.6. The lowest BCUT2D eigenvalue weighted by Gasteiger charge is -2.61. The predicted molar refractivity (Wildman–Crippen MR) is 235 cm³/mol. The smallest absolute Gasteiger partial charge is 0.407 e. The van der Waals surface area contributed by atoms with Crippen LogP contribution in [0.1, 0.15) is 229 Å². The molecule has 0 saturated heterocycles. The number of fused-ring (bicyclic) bond motifs is 3. The molecule has 4 saturated carbocycles. The number of carbonyl (C=O) groups excluding carboxylic acids is 2. The quantitative estimate of drug-likeness (QED) is 0.101. The minimum atomic E-state index is -0.310. The molecule has 0 aromatic rings. The van der Waals surface area contributed by atoms with Gasteiger partial charge in [-0.05, 0) is 111 Å². The van der Waals surface area contributed by atoms with Crippen molar-refractivity contribution >= 4 is 12.2 Å². The van der Waals surface area contributed by atoms with Gasteiger partial charge in [0.15, 0.2) is 0 Å². The number of nitrogens with one attached hydrogen (secondary N) is 2. The summed E-state index contributed by atoms with van der Waals surface area (Å²) in [5.41, 5.74) is 0.176. The molecular weight excluding hydrogens is 693 g/mol. The van der Waals surface area contributed by atoms with Gasteiger partial charge in [-0.3, -0.25) is 0 Å². The standard InChI is InChI=1S/C50H92N2O4/c1-9-10-11-12-13-14-15-16-17-18-19-20-21-22-23-24-34-51-45(53)55-37-48(6)33-32-47(4,5)44(36-48)52-46(54)56-38-49(7)30-25-31-50(8)42-28-26-40(39(2)3)35-41(42)27-29-43(49)50/h39-44H,9-38H2,1-8H3,(H,51,53)(H,52,54). The summed E-state index contributed by atoms with van der Waals surface area (Å²) in [7, 11) is 0. The molecule has 6 nitrogen and oxygen atoms in total. The van der Waals surface area contributed by atoms with Gasteiger partial charge in [-0.1, -0.05) is 158 Å². The van der Waals surface area contributed by atoms with Crippen molar-refractivity contribution in [2.24, 2.45) is 51.2 Å². The van der Waals surface area contributed by atoms with Crippen LogP contribution in [0.3, 0.4) is 0 Å². The lowest BCUT2D eigenvalue weighted by molar-refractivity contribution is -0.136. The first-order valence-corrected chi connectivity index (χ1v) is 24.6. The highest BCUT2D eigenvalue weighted by Gasteiger charge is 2.57. The second-order valence-corrected chi connectivity index (χ2v) is 21.9. The Labute approximate surface area is 346 Å². The van der Waals surface area contributed by atoms with E-state index in [9.17, 15) is 9.59 Å². The summed E-state index contributed by atoms with van der Waals surface area (Å²) in [4.78, 5) is 26.2. The molecule has 0 aromatic heterocycles. The Morgan fingerprint density at radius 2 is 1.25 bits per heavy atom. The van der Waals surface area contributed by atoms with Crippen LogP contribution >= 0.6 is 0 Å². The second-order valence-electron chi connectivity index (χ2n) is 21.9. The van der Waals surface area contributed by atoms with Gasteiger partial charge in [0.2, 0.25) is 0 Å². The molecule has 56 heavy (non-hydrogen) atoms. The van der Waals surface area contributed by atoms with Gasteiger partial charge in [0.1, 0.15) is 0 Å². The summed E-state index contributed by atoms with van der Waals surface area (Å²) in [6, 6.07) is -0.0264. The molecule has 0 heterocycles. The Kier molecular flexibility index (Phi) is 19.2. The van der Waals surface area contributed by atoms with Crippen LogP contribution in [0.15, 0.2) is 0 Å². The molecule has 2 N–H and O–H groups in total. The molecule has 4 aliphatic rings. The Morgan fingerprint density at radius 3 is 1.86 bits per heavy atom. The summed E-state index contributed by atoms with van der Waals surface area (Å²) in [5, 5.41) is 6.31. The molecule has 2 amide bonds. The van der Waals surface area contributed by atoms with E-state index in [1.165, 1.54) is 135 Å². The van der Waals surface area contributed by atoms with E-state index in [0.29, 0.717) is 31.1 Å². The summed E-state index contributed by atoms with van der Waals surface area (Å²) < 4.78 is 12.0. The lowest BCUT2D eigenvalue weighted by Crippen LogP contribution is -2.56. The van der Waals surface area contributed by atoms with E-state index in [0.717, 1.165) is 62.2 Å². The summed E-state index contributed by atoms with van der Waals surface area (Å²) in [6.45, 7) is 20.4. The van der Waals surface area contributed by atoms with Crippen molar-refractivity contribution in [1.82, 2.24) is 10.6 Å². The van der Waals surface area contributed by atoms with Crippen LogP contribution in [0.5, 0.6) is 0 Å². The average Bonchev–Trinajstić information content (AvgIpc) is 3.16. The number of amides is 2. The van der Waals surface area contributed by atoms with Crippen molar-refractivity contribution < 1.29 is 19.1 Å². The molecule has 8 atom stereocenters. The first kappa shape index (κ1) is 47.2. The Balaban J connectivity index is 1.09. The van der Waals surface area contributed by atoms with E-state index < -0.39 is 0 Å². The summed E-state index contributed by atoms with van der Waals surface area (Å²) in [6.07, 6.45) is 34.2. The number of alkyl carbamates (subject to hydrolysis) is 2. The van der Waals surface area contributed by atoms with Crippen LogP contribution in [0, 0.1) is 51.2 Å².